The number of rotatable bonds is 6. The van der Waals surface area contributed by atoms with Crippen LogP contribution in [0.5, 0.6) is 0 Å². The molecule has 0 bridgehead atoms. The van der Waals surface area contributed by atoms with Crippen LogP contribution in [0.1, 0.15) is 48.3 Å². The van der Waals surface area contributed by atoms with Gasteiger partial charge in [0.15, 0.2) is 0 Å². The van der Waals surface area contributed by atoms with Crippen LogP contribution in [-0.4, -0.2) is 17.4 Å². The second-order valence-electron chi connectivity index (χ2n) is 5.17. The predicted octanol–water partition coefficient (Wildman–Crippen LogP) is 3.63. The number of carbonyl (C=O) groups excluding carboxylic acids is 1. The van der Waals surface area contributed by atoms with Gasteiger partial charge >= 0.3 is 0 Å². The summed E-state index contributed by atoms with van der Waals surface area (Å²) in [5, 5.41) is 10.2. The molecule has 0 atom stereocenters. The first-order valence-electron chi connectivity index (χ1n) is 7.15. The maximum Gasteiger partial charge on any atom is 0.251 e. The summed E-state index contributed by atoms with van der Waals surface area (Å²) in [6.45, 7) is 7.50. The van der Waals surface area contributed by atoms with E-state index in [-0.39, 0.29) is 11.8 Å². The van der Waals surface area contributed by atoms with Crippen molar-refractivity contribution in [1.29, 1.82) is 0 Å². The number of anilines is 1. The maximum atomic E-state index is 12.3. The molecule has 2 N–H and O–H groups in total. The highest BCUT2D eigenvalue weighted by Gasteiger charge is 2.11. The molecule has 0 aliphatic carbocycles. The van der Waals surface area contributed by atoms with Gasteiger partial charge in [0.2, 0.25) is 0 Å². The van der Waals surface area contributed by atoms with E-state index in [1.165, 1.54) is 0 Å². The highest BCUT2D eigenvalue weighted by Crippen LogP contribution is 2.18. The Balaban J connectivity index is 2.14. The van der Waals surface area contributed by atoms with E-state index >= 15 is 0 Å². The number of nitrogens with zero attached hydrogens (tertiary/aromatic N) is 1. The summed E-state index contributed by atoms with van der Waals surface area (Å²) in [6, 6.07) is 5.69. The molecule has 0 unspecified atom stereocenters. The molecule has 2 heterocycles. The first-order valence-corrected chi connectivity index (χ1v) is 8.09. The molecule has 0 aliphatic heterocycles. The lowest BCUT2D eigenvalue weighted by Gasteiger charge is -2.12. The van der Waals surface area contributed by atoms with Gasteiger partial charge in [-0.15, -0.1) is 0 Å². The van der Waals surface area contributed by atoms with Crippen LogP contribution in [0.15, 0.2) is 29.0 Å². The zero-order valence-corrected chi connectivity index (χ0v) is 13.5. The highest BCUT2D eigenvalue weighted by molar-refractivity contribution is 7.07. The normalized spacial score (nSPS) is 10.7. The van der Waals surface area contributed by atoms with E-state index in [1.54, 1.807) is 17.4 Å². The van der Waals surface area contributed by atoms with Crippen LogP contribution < -0.4 is 10.6 Å². The Kier molecular flexibility index (Phi) is 5.33. The number of amides is 1. The molecule has 21 heavy (non-hydrogen) atoms. The van der Waals surface area contributed by atoms with E-state index in [9.17, 15) is 4.79 Å². The molecular formula is C16H21N3OS. The maximum absolute atomic E-state index is 12.3. The SMILES string of the molecule is CCNc1cc(C(=O)NCc2ccsc2)cc(C(C)C)n1. The third kappa shape index (κ3) is 4.29. The second-order valence-corrected chi connectivity index (χ2v) is 5.95. The fraction of sp³-hybridized carbons (Fsp3) is 0.375. The third-order valence-electron chi connectivity index (χ3n) is 3.09. The molecule has 0 saturated carbocycles. The van der Waals surface area contributed by atoms with Crippen LogP contribution in [0.25, 0.3) is 0 Å². The average Bonchev–Trinajstić information content (AvgIpc) is 2.98. The van der Waals surface area contributed by atoms with Crippen molar-refractivity contribution in [3.05, 3.63) is 45.8 Å². The summed E-state index contributed by atoms with van der Waals surface area (Å²) >= 11 is 1.63. The molecule has 0 saturated heterocycles. The molecule has 0 aliphatic rings. The fourth-order valence-electron chi connectivity index (χ4n) is 1.93. The van der Waals surface area contributed by atoms with Gasteiger partial charge in [-0.2, -0.15) is 11.3 Å². The van der Waals surface area contributed by atoms with Gasteiger partial charge in [0.1, 0.15) is 5.82 Å². The van der Waals surface area contributed by atoms with Gasteiger partial charge in [-0.25, -0.2) is 4.98 Å². The lowest BCUT2D eigenvalue weighted by molar-refractivity contribution is 0.0950. The molecule has 0 fully saturated rings. The molecule has 2 aromatic rings. The van der Waals surface area contributed by atoms with Crippen LogP contribution in [-0.2, 0) is 6.54 Å². The van der Waals surface area contributed by atoms with E-state index < -0.39 is 0 Å². The van der Waals surface area contributed by atoms with Gasteiger partial charge in [-0.3, -0.25) is 4.79 Å². The Morgan fingerprint density at radius 2 is 2.19 bits per heavy atom. The standard InChI is InChI=1S/C16H21N3OS/c1-4-17-15-8-13(7-14(19-15)11(2)3)16(20)18-9-12-5-6-21-10-12/h5-8,10-11H,4,9H2,1-3H3,(H,17,19)(H,18,20). The van der Waals surface area contributed by atoms with Gasteiger partial charge in [-0.05, 0) is 47.4 Å². The fourth-order valence-corrected chi connectivity index (χ4v) is 2.60. The number of carbonyl (C=O) groups is 1. The van der Waals surface area contributed by atoms with Crippen molar-refractivity contribution in [2.45, 2.75) is 33.2 Å². The molecular weight excluding hydrogens is 282 g/mol. The van der Waals surface area contributed by atoms with Crippen molar-refractivity contribution in [1.82, 2.24) is 10.3 Å². The molecule has 0 spiro atoms. The van der Waals surface area contributed by atoms with Crippen molar-refractivity contribution in [3.8, 4) is 0 Å². The first-order chi connectivity index (χ1) is 10.1. The lowest BCUT2D eigenvalue weighted by Crippen LogP contribution is -2.23. The summed E-state index contributed by atoms with van der Waals surface area (Å²) < 4.78 is 0. The number of hydrogen-bond acceptors (Lipinski definition) is 4. The van der Waals surface area contributed by atoms with Gasteiger partial charge < -0.3 is 10.6 Å². The molecule has 0 aromatic carbocycles. The van der Waals surface area contributed by atoms with E-state index in [0.29, 0.717) is 12.1 Å². The summed E-state index contributed by atoms with van der Waals surface area (Å²) in [6.07, 6.45) is 0. The predicted molar refractivity (Wildman–Crippen MR) is 88.0 cm³/mol. The van der Waals surface area contributed by atoms with Crippen LogP contribution in [0, 0.1) is 0 Å². The minimum absolute atomic E-state index is 0.0651. The van der Waals surface area contributed by atoms with E-state index in [4.69, 9.17) is 0 Å². The minimum Gasteiger partial charge on any atom is -0.370 e. The topological polar surface area (TPSA) is 54.0 Å². The smallest absolute Gasteiger partial charge is 0.251 e. The molecule has 4 nitrogen and oxygen atoms in total. The molecule has 2 rings (SSSR count). The van der Waals surface area contributed by atoms with Crippen molar-refractivity contribution in [2.75, 3.05) is 11.9 Å². The summed E-state index contributed by atoms with van der Waals surface area (Å²) in [5.41, 5.74) is 2.70. The molecule has 1 amide bonds. The highest BCUT2D eigenvalue weighted by atomic mass is 32.1. The number of thiophene rings is 1. The largest absolute Gasteiger partial charge is 0.370 e. The zero-order valence-electron chi connectivity index (χ0n) is 12.6. The minimum atomic E-state index is -0.0651. The summed E-state index contributed by atoms with van der Waals surface area (Å²) in [7, 11) is 0. The van der Waals surface area contributed by atoms with Gasteiger partial charge in [0, 0.05) is 24.3 Å². The van der Waals surface area contributed by atoms with Crippen LogP contribution in [0.2, 0.25) is 0 Å². The average molecular weight is 303 g/mol. The van der Waals surface area contributed by atoms with Crippen LogP contribution in [0.3, 0.4) is 0 Å². The quantitative estimate of drug-likeness (QED) is 0.857. The van der Waals surface area contributed by atoms with Crippen LogP contribution in [0.4, 0.5) is 5.82 Å². The monoisotopic (exact) mass is 303 g/mol. The second kappa shape index (κ2) is 7.22. The lowest BCUT2D eigenvalue weighted by atomic mass is 10.1. The third-order valence-corrected chi connectivity index (χ3v) is 3.82. The number of hydrogen-bond donors (Lipinski definition) is 2. The van der Waals surface area contributed by atoms with E-state index in [1.807, 2.05) is 29.8 Å². The Morgan fingerprint density at radius 3 is 2.81 bits per heavy atom. The Bertz CT molecular complexity index is 594. The Morgan fingerprint density at radius 1 is 1.38 bits per heavy atom. The van der Waals surface area contributed by atoms with Crippen LogP contribution >= 0.6 is 11.3 Å². The van der Waals surface area contributed by atoms with Gasteiger partial charge in [0.05, 0.1) is 0 Å². The van der Waals surface area contributed by atoms with Crippen molar-refractivity contribution in [2.24, 2.45) is 0 Å². The molecule has 112 valence electrons. The van der Waals surface area contributed by atoms with Crippen molar-refractivity contribution >= 4 is 23.1 Å². The summed E-state index contributed by atoms with van der Waals surface area (Å²) in [4.78, 5) is 16.8. The Labute approximate surface area is 129 Å². The Hall–Kier alpha value is -1.88. The summed E-state index contributed by atoms with van der Waals surface area (Å²) in [5.74, 6) is 0.973. The number of aromatic nitrogens is 1. The number of nitrogens with one attached hydrogen (secondary N) is 2. The van der Waals surface area contributed by atoms with E-state index in [0.717, 1.165) is 23.6 Å². The van der Waals surface area contributed by atoms with Crippen molar-refractivity contribution < 1.29 is 4.79 Å². The molecule has 2 aromatic heterocycles. The first kappa shape index (κ1) is 15.5. The molecule has 0 radical (unpaired) electrons. The zero-order chi connectivity index (χ0) is 15.2. The number of pyridine rings is 1. The van der Waals surface area contributed by atoms with Crippen molar-refractivity contribution in [3.63, 3.8) is 0 Å². The van der Waals surface area contributed by atoms with Gasteiger partial charge in [0.25, 0.3) is 5.91 Å². The van der Waals surface area contributed by atoms with Gasteiger partial charge in [-0.1, -0.05) is 13.8 Å². The van der Waals surface area contributed by atoms with E-state index in [2.05, 4.69) is 29.5 Å². The molecule has 5 heteroatoms.